The molecule has 0 aliphatic carbocycles. The van der Waals surface area contributed by atoms with Crippen LogP contribution < -0.4 is 15.8 Å². The second-order valence-electron chi connectivity index (χ2n) is 8.03. The van der Waals surface area contributed by atoms with Crippen LogP contribution in [0.2, 0.25) is 0 Å². The van der Waals surface area contributed by atoms with Crippen molar-refractivity contribution in [3.05, 3.63) is 63.1 Å². The first-order valence-corrected chi connectivity index (χ1v) is 10.0. The molecular formula is C21H21F3N4O4. The van der Waals surface area contributed by atoms with Gasteiger partial charge in [0.15, 0.2) is 11.4 Å². The zero-order valence-electron chi connectivity index (χ0n) is 17.3. The van der Waals surface area contributed by atoms with Crippen LogP contribution in [0.3, 0.4) is 0 Å². The zero-order valence-corrected chi connectivity index (χ0v) is 17.3. The third-order valence-electron chi connectivity index (χ3n) is 5.99. The molecule has 1 saturated heterocycles. The molecule has 2 N–H and O–H groups in total. The van der Waals surface area contributed by atoms with Gasteiger partial charge in [-0.15, -0.1) is 0 Å². The van der Waals surface area contributed by atoms with E-state index in [1.165, 1.54) is 9.58 Å². The van der Waals surface area contributed by atoms with Gasteiger partial charge in [-0.25, -0.2) is 13.2 Å². The monoisotopic (exact) mass is 450 g/mol. The van der Waals surface area contributed by atoms with Gasteiger partial charge in [0.25, 0.3) is 11.8 Å². The van der Waals surface area contributed by atoms with E-state index in [0.29, 0.717) is 6.07 Å². The molecule has 8 nitrogen and oxygen atoms in total. The second-order valence-corrected chi connectivity index (χ2v) is 8.03. The molecule has 3 heterocycles. The summed E-state index contributed by atoms with van der Waals surface area (Å²) in [6, 6.07) is 1.69. The summed E-state index contributed by atoms with van der Waals surface area (Å²) >= 11 is 0. The Kier molecular flexibility index (Phi) is 5.35. The second kappa shape index (κ2) is 7.88. The van der Waals surface area contributed by atoms with Crippen LogP contribution in [0, 0.1) is 11.6 Å². The van der Waals surface area contributed by atoms with Gasteiger partial charge in [0.2, 0.25) is 5.43 Å². The fraction of sp³-hybridized carbons (Fsp3) is 0.381. The fourth-order valence-corrected chi connectivity index (χ4v) is 4.02. The minimum absolute atomic E-state index is 0.00281. The maximum atomic E-state index is 14.6. The summed E-state index contributed by atoms with van der Waals surface area (Å²) in [6.07, 6.45) is -0.0955. The number of aromatic nitrogens is 1. The summed E-state index contributed by atoms with van der Waals surface area (Å²) in [7, 11) is 0. The van der Waals surface area contributed by atoms with Gasteiger partial charge in [0.1, 0.15) is 30.0 Å². The van der Waals surface area contributed by atoms with Crippen molar-refractivity contribution in [2.75, 3.05) is 11.7 Å². The van der Waals surface area contributed by atoms with Gasteiger partial charge in [0, 0.05) is 36.8 Å². The van der Waals surface area contributed by atoms with Crippen LogP contribution in [0.25, 0.3) is 0 Å². The van der Waals surface area contributed by atoms with E-state index in [2.05, 4.69) is 5.32 Å². The van der Waals surface area contributed by atoms with Crippen LogP contribution in [-0.2, 0) is 6.54 Å². The average molecular weight is 450 g/mol. The van der Waals surface area contributed by atoms with Crippen molar-refractivity contribution >= 4 is 11.8 Å². The lowest BCUT2D eigenvalue weighted by molar-refractivity contribution is 0.0553. The van der Waals surface area contributed by atoms with Crippen LogP contribution in [0.1, 0.15) is 46.7 Å². The number of hydrogen-bond acceptors (Lipinski definition) is 5. The molecule has 3 atom stereocenters. The topological polar surface area (TPSA) is 94.9 Å². The quantitative estimate of drug-likeness (QED) is 0.742. The summed E-state index contributed by atoms with van der Waals surface area (Å²) in [5.74, 6) is -4.21. The molecule has 1 fully saturated rings. The summed E-state index contributed by atoms with van der Waals surface area (Å²) in [5.41, 5.74) is -1.91. The molecular weight excluding hydrogens is 429 g/mol. The van der Waals surface area contributed by atoms with Crippen molar-refractivity contribution in [2.45, 2.75) is 45.1 Å². The number of pyridine rings is 1. The Morgan fingerprint density at radius 2 is 1.97 bits per heavy atom. The number of alkyl halides is 1. The molecule has 170 valence electrons. The number of carbonyl (C=O) groups is 2. The number of nitrogens with zero attached hydrogens (tertiary/aromatic N) is 3. The number of nitrogens with one attached hydrogen (secondary N) is 1. The standard InChI is InChI=1S/C21H21F3N4O4/c1-10-5-15(23)11(2)26-9-28(10)27-8-14(18(29)19(30)17(27)21(26)32)20(31)25-7-12-3-4-13(22)6-16(12)24/h3-4,6,8,10-11,15,30H,5,7,9H2,1-2H3,(H,25,31). The highest BCUT2D eigenvalue weighted by Gasteiger charge is 2.43. The molecule has 0 saturated carbocycles. The van der Waals surface area contributed by atoms with Crippen LogP contribution in [0.4, 0.5) is 13.2 Å². The number of aromatic hydroxyl groups is 1. The van der Waals surface area contributed by atoms with Crippen molar-refractivity contribution in [3.63, 3.8) is 0 Å². The van der Waals surface area contributed by atoms with Gasteiger partial charge in [-0.2, -0.15) is 0 Å². The molecule has 2 aliphatic heterocycles. The molecule has 1 aromatic carbocycles. The highest BCUT2D eigenvalue weighted by molar-refractivity contribution is 5.99. The predicted octanol–water partition coefficient (Wildman–Crippen LogP) is 1.63. The van der Waals surface area contributed by atoms with Gasteiger partial charge in [-0.3, -0.25) is 24.1 Å². The Bertz CT molecular complexity index is 1170. The molecule has 2 aliphatic rings. The lowest BCUT2D eigenvalue weighted by atomic mass is 10.1. The average Bonchev–Trinajstić information content (AvgIpc) is 2.83. The largest absolute Gasteiger partial charge is 0.502 e. The van der Waals surface area contributed by atoms with Crippen LogP contribution in [-0.4, -0.2) is 51.4 Å². The van der Waals surface area contributed by atoms with Gasteiger partial charge in [-0.05, 0) is 19.9 Å². The van der Waals surface area contributed by atoms with E-state index in [4.69, 9.17) is 0 Å². The molecule has 0 radical (unpaired) electrons. The number of benzene rings is 1. The molecule has 32 heavy (non-hydrogen) atoms. The molecule has 2 amide bonds. The van der Waals surface area contributed by atoms with Gasteiger partial charge < -0.3 is 15.3 Å². The van der Waals surface area contributed by atoms with Crippen LogP contribution in [0.15, 0.2) is 29.2 Å². The molecule has 0 spiro atoms. The molecule has 2 aromatic rings. The Hall–Kier alpha value is -3.50. The first-order valence-electron chi connectivity index (χ1n) is 10.0. The first kappa shape index (κ1) is 21.7. The Morgan fingerprint density at radius 1 is 1.25 bits per heavy atom. The number of rotatable bonds is 3. The van der Waals surface area contributed by atoms with Gasteiger partial charge in [0.05, 0.1) is 6.04 Å². The summed E-state index contributed by atoms with van der Waals surface area (Å²) in [6.45, 7) is 2.97. The molecule has 3 unspecified atom stereocenters. The van der Waals surface area contributed by atoms with Crippen molar-refractivity contribution in [3.8, 4) is 5.75 Å². The van der Waals surface area contributed by atoms with Gasteiger partial charge in [-0.1, -0.05) is 6.07 Å². The maximum absolute atomic E-state index is 14.6. The van der Waals surface area contributed by atoms with Crippen LogP contribution >= 0.6 is 0 Å². The summed E-state index contributed by atoms with van der Waals surface area (Å²) in [4.78, 5) is 39.5. The predicted molar refractivity (Wildman–Crippen MR) is 108 cm³/mol. The van der Waals surface area contributed by atoms with E-state index < -0.39 is 58.4 Å². The Balaban J connectivity index is 1.70. The number of amides is 2. The highest BCUT2D eigenvalue weighted by atomic mass is 19.1. The number of halogens is 3. The Labute approximate surface area is 180 Å². The summed E-state index contributed by atoms with van der Waals surface area (Å²) in [5, 5.41) is 14.4. The molecule has 2 bridgehead atoms. The van der Waals surface area contributed by atoms with Gasteiger partial charge >= 0.3 is 0 Å². The lowest BCUT2D eigenvalue weighted by Gasteiger charge is -2.41. The SMILES string of the molecule is CC1C(F)CC(C)N2CN1C(=O)c1c(O)c(=O)c(C(=O)NCc3ccc(F)cc3F)cn12. The number of fused-ring (bicyclic) bond motifs is 4. The molecule has 11 heteroatoms. The first-order chi connectivity index (χ1) is 15.1. The smallest absolute Gasteiger partial charge is 0.278 e. The third kappa shape index (κ3) is 3.47. The van der Waals surface area contributed by atoms with E-state index in [9.17, 15) is 32.7 Å². The van der Waals surface area contributed by atoms with Crippen LogP contribution in [0.5, 0.6) is 5.75 Å². The van der Waals surface area contributed by atoms with E-state index in [1.807, 2.05) is 0 Å². The Morgan fingerprint density at radius 3 is 2.66 bits per heavy atom. The number of carbonyl (C=O) groups excluding carboxylic acids is 2. The fourth-order valence-electron chi connectivity index (χ4n) is 4.02. The minimum Gasteiger partial charge on any atom is -0.502 e. The minimum atomic E-state index is -1.31. The lowest BCUT2D eigenvalue weighted by Crippen LogP contribution is -2.57. The van der Waals surface area contributed by atoms with Crippen molar-refractivity contribution in [2.24, 2.45) is 0 Å². The van der Waals surface area contributed by atoms with E-state index in [0.717, 1.165) is 18.3 Å². The van der Waals surface area contributed by atoms with Crippen molar-refractivity contribution < 1.29 is 27.9 Å². The summed E-state index contributed by atoms with van der Waals surface area (Å²) < 4.78 is 42.6. The zero-order chi connectivity index (χ0) is 23.3. The van der Waals surface area contributed by atoms with E-state index >= 15 is 0 Å². The normalized spacial score (nSPS) is 22.4. The third-order valence-corrected chi connectivity index (χ3v) is 5.99. The van der Waals surface area contributed by atoms with Crippen molar-refractivity contribution in [1.82, 2.24) is 14.9 Å². The molecule has 1 aromatic heterocycles. The van der Waals surface area contributed by atoms with E-state index in [1.54, 1.807) is 18.9 Å². The molecule has 4 rings (SSSR count). The highest BCUT2D eigenvalue weighted by Crippen LogP contribution is 2.30. The maximum Gasteiger partial charge on any atom is 0.278 e. The van der Waals surface area contributed by atoms with Crippen molar-refractivity contribution in [1.29, 1.82) is 0 Å². The number of hydrogen-bond donors (Lipinski definition) is 2. The van der Waals surface area contributed by atoms with E-state index in [-0.39, 0.29) is 30.9 Å².